The van der Waals surface area contributed by atoms with E-state index in [0.717, 1.165) is 11.6 Å². The van der Waals surface area contributed by atoms with Crippen LogP contribution in [0, 0.1) is 12.8 Å². The molecular formula is C17H30N4. The van der Waals surface area contributed by atoms with Gasteiger partial charge in [-0.15, -0.1) is 0 Å². The average Bonchev–Trinajstić information content (AvgIpc) is 2.84. The minimum absolute atomic E-state index is 0.561. The first-order chi connectivity index (χ1) is 10.1. The largest absolute Gasteiger partial charge is 0.353 e. The molecule has 1 saturated heterocycles. The Balaban J connectivity index is 1.72. The third-order valence-corrected chi connectivity index (χ3v) is 5.24. The van der Waals surface area contributed by atoms with E-state index in [1.54, 1.807) is 0 Å². The topological polar surface area (TPSA) is 33.1 Å². The number of nitrogens with one attached hydrogen (secondary N) is 1. The first kappa shape index (κ1) is 14.9. The summed E-state index contributed by atoms with van der Waals surface area (Å²) in [6.45, 7) is 6.84. The highest BCUT2D eigenvalue weighted by molar-refractivity contribution is 5.31. The molecule has 1 N–H and O–H groups in total. The fraction of sp³-hybridized carbons (Fsp3) is 0.824. The molecule has 1 aliphatic carbocycles. The maximum absolute atomic E-state index is 4.77. The summed E-state index contributed by atoms with van der Waals surface area (Å²) in [4.78, 5) is 7.20. The average molecular weight is 290 g/mol. The molecule has 2 heterocycles. The minimum Gasteiger partial charge on any atom is -0.353 e. The summed E-state index contributed by atoms with van der Waals surface area (Å²) in [5, 5.41) is 3.76. The van der Waals surface area contributed by atoms with Gasteiger partial charge in [-0.3, -0.25) is 0 Å². The fourth-order valence-electron chi connectivity index (χ4n) is 3.99. The Morgan fingerprint density at radius 3 is 2.67 bits per heavy atom. The Labute approximate surface area is 128 Å². The molecule has 3 rings (SSSR count). The van der Waals surface area contributed by atoms with Crippen molar-refractivity contribution < 1.29 is 0 Å². The molecule has 0 aromatic carbocycles. The van der Waals surface area contributed by atoms with Crippen LogP contribution in [0.5, 0.6) is 0 Å². The van der Waals surface area contributed by atoms with Crippen LogP contribution in [0.15, 0.2) is 6.20 Å². The fourth-order valence-corrected chi connectivity index (χ4v) is 3.99. The zero-order valence-electron chi connectivity index (χ0n) is 13.8. The van der Waals surface area contributed by atoms with E-state index in [1.165, 1.54) is 51.6 Å². The quantitative estimate of drug-likeness (QED) is 0.925. The number of likely N-dealkylation sites (tertiary alicyclic amines) is 1. The van der Waals surface area contributed by atoms with Crippen molar-refractivity contribution in [1.29, 1.82) is 0 Å². The Bertz CT molecular complexity index is 461. The van der Waals surface area contributed by atoms with Crippen molar-refractivity contribution in [1.82, 2.24) is 14.5 Å². The smallest absolute Gasteiger partial charge is 0.203 e. The van der Waals surface area contributed by atoms with Crippen LogP contribution in [0.1, 0.15) is 57.2 Å². The van der Waals surface area contributed by atoms with Crippen LogP contribution in [0.3, 0.4) is 0 Å². The van der Waals surface area contributed by atoms with E-state index < -0.39 is 0 Å². The van der Waals surface area contributed by atoms with E-state index in [9.17, 15) is 0 Å². The normalized spacial score (nSPS) is 28.7. The second-order valence-corrected chi connectivity index (χ2v) is 7.18. The van der Waals surface area contributed by atoms with Gasteiger partial charge in [0, 0.05) is 24.8 Å². The number of aryl methyl sites for hydroxylation is 1. The van der Waals surface area contributed by atoms with Crippen molar-refractivity contribution in [2.75, 3.05) is 25.5 Å². The summed E-state index contributed by atoms with van der Waals surface area (Å²) in [6.07, 6.45) is 10.2. The maximum atomic E-state index is 4.77. The predicted molar refractivity (Wildman–Crippen MR) is 87.8 cm³/mol. The molecule has 2 fully saturated rings. The van der Waals surface area contributed by atoms with Gasteiger partial charge in [0.05, 0.1) is 5.69 Å². The lowest BCUT2D eigenvalue weighted by molar-refractivity contribution is 0.205. The lowest BCUT2D eigenvalue weighted by atomic mass is 9.94. The zero-order chi connectivity index (χ0) is 14.8. The molecule has 2 atom stereocenters. The molecule has 1 aromatic heterocycles. The number of anilines is 1. The highest BCUT2D eigenvalue weighted by Crippen LogP contribution is 2.31. The molecule has 118 valence electrons. The van der Waals surface area contributed by atoms with Crippen molar-refractivity contribution in [2.24, 2.45) is 5.92 Å². The van der Waals surface area contributed by atoms with Gasteiger partial charge in [0.2, 0.25) is 5.95 Å². The van der Waals surface area contributed by atoms with Crippen LogP contribution in [0.2, 0.25) is 0 Å². The van der Waals surface area contributed by atoms with Crippen molar-refractivity contribution in [3.05, 3.63) is 11.9 Å². The summed E-state index contributed by atoms with van der Waals surface area (Å²) >= 11 is 0. The van der Waals surface area contributed by atoms with E-state index in [0.29, 0.717) is 18.0 Å². The Morgan fingerprint density at radius 1 is 1.19 bits per heavy atom. The lowest BCUT2D eigenvalue weighted by Gasteiger charge is -2.36. The number of nitrogens with zero attached hydrogens (tertiary/aromatic N) is 3. The number of hydrogen-bond acceptors (Lipinski definition) is 3. The van der Waals surface area contributed by atoms with Crippen LogP contribution in [-0.4, -0.2) is 40.6 Å². The van der Waals surface area contributed by atoms with E-state index >= 15 is 0 Å². The van der Waals surface area contributed by atoms with Crippen molar-refractivity contribution >= 4 is 5.95 Å². The molecule has 21 heavy (non-hydrogen) atoms. The van der Waals surface area contributed by atoms with E-state index in [1.807, 2.05) is 0 Å². The molecule has 0 bridgehead atoms. The Morgan fingerprint density at radius 2 is 1.95 bits per heavy atom. The van der Waals surface area contributed by atoms with Crippen LogP contribution in [0.25, 0.3) is 0 Å². The van der Waals surface area contributed by atoms with Gasteiger partial charge < -0.3 is 14.8 Å². The molecule has 0 spiro atoms. The molecule has 2 aliphatic rings. The zero-order valence-corrected chi connectivity index (χ0v) is 13.8. The summed E-state index contributed by atoms with van der Waals surface area (Å²) in [5.41, 5.74) is 1.14. The van der Waals surface area contributed by atoms with Gasteiger partial charge in [0.25, 0.3) is 0 Å². The molecule has 1 saturated carbocycles. The second-order valence-electron chi connectivity index (χ2n) is 7.18. The number of rotatable bonds is 3. The second kappa shape index (κ2) is 6.39. The Kier molecular flexibility index (Phi) is 4.53. The highest BCUT2D eigenvalue weighted by Gasteiger charge is 2.26. The third kappa shape index (κ3) is 3.42. The van der Waals surface area contributed by atoms with Gasteiger partial charge in [-0.25, -0.2) is 4.98 Å². The minimum atomic E-state index is 0.561. The van der Waals surface area contributed by atoms with Crippen LogP contribution >= 0.6 is 0 Å². The molecule has 1 aromatic rings. The molecule has 0 radical (unpaired) electrons. The monoisotopic (exact) mass is 290 g/mol. The van der Waals surface area contributed by atoms with Gasteiger partial charge >= 0.3 is 0 Å². The number of piperidine rings is 1. The van der Waals surface area contributed by atoms with Gasteiger partial charge in [0.15, 0.2) is 0 Å². The molecular weight excluding hydrogens is 260 g/mol. The van der Waals surface area contributed by atoms with Crippen molar-refractivity contribution in [3.8, 4) is 0 Å². The summed E-state index contributed by atoms with van der Waals surface area (Å²) in [5.74, 6) is 1.79. The molecule has 0 amide bonds. The van der Waals surface area contributed by atoms with Gasteiger partial charge in [-0.1, -0.05) is 26.2 Å². The van der Waals surface area contributed by atoms with Crippen molar-refractivity contribution in [3.63, 3.8) is 0 Å². The summed E-state index contributed by atoms with van der Waals surface area (Å²) in [6, 6.07) is 1.22. The number of imidazole rings is 1. The molecule has 1 aliphatic heterocycles. The van der Waals surface area contributed by atoms with E-state index in [4.69, 9.17) is 4.98 Å². The SMILES string of the molecule is Cc1cn(C2CCCCC2)c(NC2CCN(C)CC2C)n1. The Hall–Kier alpha value is -1.03. The summed E-state index contributed by atoms with van der Waals surface area (Å²) < 4.78 is 2.43. The lowest BCUT2D eigenvalue weighted by Crippen LogP contribution is -2.43. The molecule has 4 heteroatoms. The highest BCUT2D eigenvalue weighted by atomic mass is 15.2. The first-order valence-electron chi connectivity index (χ1n) is 8.64. The standard InChI is InChI=1S/C17H30N4/c1-13-11-20(3)10-9-16(13)19-17-18-14(2)12-21(17)15-7-5-4-6-8-15/h12-13,15-16H,4-11H2,1-3H3,(H,18,19). The summed E-state index contributed by atoms with van der Waals surface area (Å²) in [7, 11) is 2.22. The van der Waals surface area contributed by atoms with Gasteiger partial charge in [0.1, 0.15) is 0 Å². The predicted octanol–water partition coefficient (Wildman–Crippen LogP) is 3.45. The number of hydrogen-bond donors (Lipinski definition) is 1. The third-order valence-electron chi connectivity index (χ3n) is 5.24. The number of aromatic nitrogens is 2. The first-order valence-corrected chi connectivity index (χ1v) is 8.64. The van der Waals surface area contributed by atoms with Crippen molar-refractivity contribution in [2.45, 2.75) is 64.5 Å². The molecule has 2 unspecified atom stereocenters. The van der Waals surface area contributed by atoms with Gasteiger partial charge in [-0.2, -0.15) is 0 Å². The van der Waals surface area contributed by atoms with Crippen LogP contribution in [0.4, 0.5) is 5.95 Å². The van der Waals surface area contributed by atoms with Crippen LogP contribution in [-0.2, 0) is 0 Å². The van der Waals surface area contributed by atoms with E-state index in [2.05, 4.69) is 41.9 Å². The molecule has 4 nitrogen and oxygen atoms in total. The van der Waals surface area contributed by atoms with Gasteiger partial charge in [-0.05, 0) is 45.7 Å². The maximum Gasteiger partial charge on any atom is 0.203 e. The van der Waals surface area contributed by atoms with E-state index in [-0.39, 0.29) is 0 Å². The van der Waals surface area contributed by atoms with Crippen LogP contribution < -0.4 is 5.32 Å².